The van der Waals surface area contributed by atoms with Crippen LogP contribution in [0.25, 0.3) is 11.4 Å². The SMILES string of the molecule is CN(C)CCNc1nc(-c2ncc(C(F)(F)F)cc2Cl)cs1. The molecule has 0 saturated carbocycles. The zero-order valence-corrected chi connectivity index (χ0v) is 13.5. The number of likely N-dealkylation sites (N-methyl/N-ethyl adjacent to an activating group) is 1. The topological polar surface area (TPSA) is 41.0 Å². The van der Waals surface area contributed by atoms with Crippen LogP contribution in [0.15, 0.2) is 17.6 Å². The molecule has 0 aliphatic rings. The number of anilines is 1. The van der Waals surface area contributed by atoms with Gasteiger partial charge < -0.3 is 10.2 Å². The highest BCUT2D eigenvalue weighted by Crippen LogP contribution is 2.34. The van der Waals surface area contributed by atoms with Crippen LogP contribution in [0.4, 0.5) is 18.3 Å². The minimum atomic E-state index is -4.46. The summed E-state index contributed by atoms with van der Waals surface area (Å²) < 4.78 is 37.8. The molecular weight excluding hydrogens is 337 g/mol. The zero-order chi connectivity index (χ0) is 16.3. The number of rotatable bonds is 5. The number of aromatic nitrogens is 2. The van der Waals surface area contributed by atoms with Crippen LogP contribution in [-0.4, -0.2) is 42.1 Å². The van der Waals surface area contributed by atoms with Gasteiger partial charge in [-0.3, -0.25) is 4.98 Å². The first-order valence-corrected chi connectivity index (χ1v) is 7.60. The third-order valence-electron chi connectivity index (χ3n) is 2.75. The van der Waals surface area contributed by atoms with Crippen LogP contribution < -0.4 is 5.32 Å². The first-order valence-electron chi connectivity index (χ1n) is 6.34. The van der Waals surface area contributed by atoms with Gasteiger partial charge >= 0.3 is 6.18 Å². The summed E-state index contributed by atoms with van der Waals surface area (Å²) in [5.41, 5.74) is -0.177. The average molecular weight is 351 g/mol. The molecule has 0 unspecified atom stereocenters. The molecule has 2 rings (SSSR count). The summed E-state index contributed by atoms with van der Waals surface area (Å²) in [6.45, 7) is 1.56. The number of hydrogen-bond acceptors (Lipinski definition) is 5. The van der Waals surface area contributed by atoms with Gasteiger partial charge in [-0.1, -0.05) is 11.6 Å². The number of nitrogens with one attached hydrogen (secondary N) is 1. The molecule has 0 radical (unpaired) electrons. The maximum absolute atomic E-state index is 12.6. The summed E-state index contributed by atoms with van der Waals surface area (Å²) in [5, 5.41) is 5.45. The molecule has 0 fully saturated rings. The second kappa shape index (κ2) is 6.80. The summed E-state index contributed by atoms with van der Waals surface area (Å²) in [6.07, 6.45) is -3.70. The zero-order valence-electron chi connectivity index (χ0n) is 11.9. The van der Waals surface area contributed by atoms with Crippen LogP contribution in [0.2, 0.25) is 5.02 Å². The summed E-state index contributed by atoms with van der Waals surface area (Å²) in [7, 11) is 3.92. The number of thiazole rings is 1. The predicted octanol–water partition coefficient (Wildman–Crippen LogP) is 3.85. The van der Waals surface area contributed by atoms with Crippen LogP contribution in [0, 0.1) is 0 Å². The lowest BCUT2D eigenvalue weighted by atomic mass is 10.2. The third kappa shape index (κ3) is 4.31. The fourth-order valence-electron chi connectivity index (χ4n) is 1.63. The predicted molar refractivity (Wildman–Crippen MR) is 82.4 cm³/mol. The smallest absolute Gasteiger partial charge is 0.360 e. The van der Waals surface area contributed by atoms with E-state index in [1.807, 2.05) is 19.0 Å². The second-order valence-electron chi connectivity index (χ2n) is 4.82. The van der Waals surface area contributed by atoms with Crippen molar-refractivity contribution in [3.05, 3.63) is 28.2 Å². The van der Waals surface area contributed by atoms with Crippen LogP contribution >= 0.6 is 22.9 Å². The highest BCUT2D eigenvalue weighted by Gasteiger charge is 2.31. The van der Waals surface area contributed by atoms with Gasteiger partial charge in [0.25, 0.3) is 0 Å². The molecule has 9 heteroatoms. The largest absolute Gasteiger partial charge is 0.417 e. The number of pyridine rings is 1. The molecule has 0 spiro atoms. The standard InChI is InChI=1S/C13H14ClF3N4S/c1-21(2)4-3-18-12-20-10(7-22-12)11-9(14)5-8(6-19-11)13(15,16)17/h5-7H,3-4H2,1-2H3,(H,18,20). The minimum absolute atomic E-state index is 0.0695. The lowest BCUT2D eigenvalue weighted by Crippen LogP contribution is -2.20. The molecule has 2 heterocycles. The van der Waals surface area contributed by atoms with Gasteiger partial charge in [0.15, 0.2) is 5.13 Å². The van der Waals surface area contributed by atoms with Gasteiger partial charge in [-0.25, -0.2) is 4.98 Å². The normalized spacial score (nSPS) is 12.0. The highest BCUT2D eigenvalue weighted by molar-refractivity contribution is 7.14. The number of nitrogens with zero attached hydrogens (tertiary/aromatic N) is 3. The van der Waals surface area contributed by atoms with Gasteiger partial charge in [0, 0.05) is 24.7 Å². The Morgan fingerprint density at radius 1 is 1.36 bits per heavy atom. The molecule has 0 aliphatic carbocycles. The molecule has 0 bridgehead atoms. The Balaban J connectivity index is 2.14. The van der Waals surface area contributed by atoms with Gasteiger partial charge in [0.2, 0.25) is 0 Å². The molecule has 0 amide bonds. The van der Waals surface area contributed by atoms with E-state index in [1.54, 1.807) is 5.38 Å². The Kier molecular flexibility index (Phi) is 5.25. The number of alkyl halides is 3. The fraction of sp³-hybridized carbons (Fsp3) is 0.385. The van der Waals surface area contributed by atoms with Gasteiger partial charge in [0.1, 0.15) is 11.4 Å². The Hall–Kier alpha value is -1.38. The van der Waals surface area contributed by atoms with Gasteiger partial charge in [-0.2, -0.15) is 13.2 Å². The van der Waals surface area contributed by atoms with E-state index in [-0.39, 0.29) is 10.7 Å². The first kappa shape index (κ1) is 17.0. The molecule has 0 aromatic carbocycles. The second-order valence-corrected chi connectivity index (χ2v) is 6.09. The summed E-state index contributed by atoms with van der Waals surface area (Å²) in [4.78, 5) is 10.1. The van der Waals surface area contributed by atoms with Crippen molar-refractivity contribution in [2.75, 3.05) is 32.5 Å². The quantitative estimate of drug-likeness (QED) is 0.889. The Morgan fingerprint density at radius 3 is 2.68 bits per heavy atom. The van der Waals surface area contributed by atoms with Crippen molar-refractivity contribution >= 4 is 28.1 Å². The summed E-state index contributed by atoms with van der Waals surface area (Å²) in [5.74, 6) is 0. The maximum Gasteiger partial charge on any atom is 0.417 e. The van der Waals surface area contributed by atoms with E-state index in [0.717, 1.165) is 18.8 Å². The van der Waals surface area contributed by atoms with Gasteiger partial charge in [-0.05, 0) is 20.2 Å². The van der Waals surface area contributed by atoms with E-state index < -0.39 is 11.7 Å². The monoisotopic (exact) mass is 350 g/mol. The molecule has 4 nitrogen and oxygen atoms in total. The fourth-order valence-corrected chi connectivity index (χ4v) is 2.62. The average Bonchev–Trinajstić information content (AvgIpc) is 2.85. The molecule has 120 valence electrons. The first-order chi connectivity index (χ1) is 10.3. The van der Waals surface area contributed by atoms with Crippen molar-refractivity contribution in [3.8, 4) is 11.4 Å². The van der Waals surface area contributed by atoms with Crippen molar-refractivity contribution in [1.29, 1.82) is 0 Å². The van der Waals surface area contributed by atoms with E-state index in [4.69, 9.17) is 11.6 Å². The van der Waals surface area contributed by atoms with E-state index in [1.165, 1.54) is 11.3 Å². The van der Waals surface area contributed by atoms with Crippen LogP contribution in [0.5, 0.6) is 0 Å². The number of halogens is 4. The molecular formula is C13H14ClF3N4S. The number of hydrogen-bond donors (Lipinski definition) is 1. The molecule has 22 heavy (non-hydrogen) atoms. The Morgan fingerprint density at radius 2 is 2.09 bits per heavy atom. The molecule has 0 saturated heterocycles. The van der Waals surface area contributed by atoms with Crippen molar-refractivity contribution < 1.29 is 13.2 Å². The van der Waals surface area contributed by atoms with Crippen molar-refractivity contribution in [3.63, 3.8) is 0 Å². The van der Waals surface area contributed by atoms with Crippen LogP contribution in [0.3, 0.4) is 0 Å². The third-order valence-corrected chi connectivity index (χ3v) is 3.84. The van der Waals surface area contributed by atoms with Crippen LogP contribution in [0.1, 0.15) is 5.56 Å². The van der Waals surface area contributed by atoms with Crippen LogP contribution in [-0.2, 0) is 6.18 Å². The van der Waals surface area contributed by atoms with E-state index in [9.17, 15) is 13.2 Å². The highest BCUT2D eigenvalue weighted by atomic mass is 35.5. The lowest BCUT2D eigenvalue weighted by molar-refractivity contribution is -0.137. The summed E-state index contributed by atoms with van der Waals surface area (Å²) >= 11 is 7.25. The molecule has 0 atom stereocenters. The molecule has 1 N–H and O–H groups in total. The minimum Gasteiger partial charge on any atom is -0.360 e. The molecule has 2 aromatic rings. The van der Waals surface area contributed by atoms with Crippen molar-refractivity contribution in [1.82, 2.24) is 14.9 Å². The van der Waals surface area contributed by atoms with E-state index >= 15 is 0 Å². The van der Waals surface area contributed by atoms with Crippen molar-refractivity contribution in [2.45, 2.75) is 6.18 Å². The summed E-state index contributed by atoms with van der Waals surface area (Å²) in [6, 6.07) is 0.863. The van der Waals surface area contributed by atoms with Gasteiger partial charge in [-0.15, -0.1) is 11.3 Å². The van der Waals surface area contributed by atoms with E-state index in [2.05, 4.69) is 15.3 Å². The molecule has 0 aliphatic heterocycles. The lowest BCUT2D eigenvalue weighted by Gasteiger charge is -2.09. The van der Waals surface area contributed by atoms with E-state index in [0.29, 0.717) is 17.4 Å². The Labute approximate surface area is 135 Å². The Bertz CT molecular complexity index is 642. The van der Waals surface area contributed by atoms with Gasteiger partial charge in [0.05, 0.1) is 10.6 Å². The maximum atomic E-state index is 12.6. The van der Waals surface area contributed by atoms with Crippen molar-refractivity contribution in [2.24, 2.45) is 0 Å². The molecule has 2 aromatic heterocycles.